The van der Waals surface area contributed by atoms with Gasteiger partial charge in [-0.1, -0.05) is 29.4 Å². The maximum absolute atomic E-state index is 12.4. The molecule has 0 aliphatic rings. The molecule has 152 valence electrons. The lowest BCUT2D eigenvalue weighted by molar-refractivity contribution is -0.113. The third-order valence-electron chi connectivity index (χ3n) is 4.26. The molecule has 9 heteroatoms. The Kier molecular flexibility index (Phi) is 7.62. The van der Waals surface area contributed by atoms with Crippen molar-refractivity contribution in [2.75, 3.05) is 24.8 Å². The number of thioether (sulfide) groups is 1. The molecule has 3 aromatic rings. The molecule has 0 saturated carbocycles. The molecule has 29 heavy (non-hydrogen) atoms. The van der Waals surface area contributed by atoms with E-state index in [9.17, 15) is 4.79 Å². The van der Waals surface area contributed by atoms with Crippen LogP contribution in [0.5, 0.6) is 0 Å². The molecule has 1 aromatic carbocycles. The van der Waals surface area contributed by atoms with E-state index < -0.39 is 0 Å². The molecule has 0 spiro atoms. The summed E-state index contributed by atoms with van der Waals surface area (Å²) in [5.41, 5.74) is 2.48. The van der Waals surface area contributed by atoms with Crippen LogP contribution in [0.2, 0.25) is 5.02 Å². The first-order valence-electron chi connectivity index (χ1n) is 9.10. The lowest BCUT2D eigenvalue weighted by Gasteiger charge is -2.11. The summed E-state index contributed by atoms with van der Waals surface area (Å²) in [5, 5.41) is 12.8. The number of amides is 1. The fourth-order valence-electron chi connectivity index (χ4n) is 2.74. The van der Waals surface area contributed by atoms with E-state index in [-0.39, 0.29) is 11.7 Å². The third kappa shape index (κ3) is 5.56. The smallest absolute Gasteiger partial charge is 0.234 e. The number of methoxy groups -OCH3 is 1. The molecule has 0 aliphatic carbocycles. The van der Waals surface area contributed by atoms with Crippen LogP contribution in [-0.4, -0.2) is 45.1 Å². The minimum Gasteiger partial charge on any atom is -0.385 e. The molecule has 2 heterocycles. The molecule has 0 saturated heterocycles. The molecule has 0 bridgehead atoms. The van der Waals surface area contributed by atoms with Crippen molar-refractivity contribution in [1.29, 1.82) is 0 Å². The highest BCUT2D eigenvalue weighted by Crippen LogP contribution is 2.26. The first-order chi connectivity index (χ1) is 14.1. The van der Waals surface area contributed by atoms with Crippen molar-refractivity contribution in [3.05, 3.63) is 53.3 Å². The second-order valence-corrected chi connectivity index (χ2v) is 7.64. The van der Waals surface area contributed by atoms with Crippen LogP contribution in [0.25, 0.3) is 11.4 Å². The Hall–Kier alpha value is -2.42. The maximum Gasteiger partial charge on any atom is 0.234 e. The number of hydrogen-bond acceptors (Lipinski definition) is 6. The number of carbonyl (C=O) groups is 1. The van der Waals surface area contributed by atoms with Crippen LogP contribution in [0.15, 0.2) is 47.9 Å². The van der Waals surface area contributed by atoms with Gasteiger partial charge in [-0.25, -0.2) is 0 Å². The second kappa shape index (κ2) is 10.4. The minimum absolute atomic E-state index is 0.128. The normalized spacial score (nSPS) is 10.9. The highest BCUT2D eigenvalue weighted by Gasteiger charge is 2.16. The van der Waals surface area contributed by atoms with Gasteiger partial charge in [-0.2, -0.15) is 0 Å². The topological polar surface area (TPSA) is 81.9 Å². The Balaban J connectivity index is 1.71. The Morgan fingerprint density at radius 1 is 1.24 bits per heavy atom. The van der Waals surface area contributed by atoms with Crippen LogP contribution in [0.4, 0.5) is 5.69 Å². The van der Waals surface area contributed by atoms with Crippen molar-refractivity contribution in [3.8, 4) is 11.4 Å². The minimum atomic E-state index is -0.128. The predicted octanol–water partition coefficient (Wildman–Crippen LogP) is 4.07. The van der Waals surface area contributed by atoms with E-state index in [1.54, 1.807) is 25.6 Å². The number of aromatic nitrogens is 4. The van der Waals surface area contributed by atoms with Crippen molar-refractivity contribution in [2.24, 2.45) is 0 Å². The van der Waals surface area contributed by atoms with Gasteiger partial charge < -0.3 is 14.6 Å². The molecular formula is C20H22ClN5O2S. The van der Waals surface area contributed by atoms with E-state index in [2.05, 4.69) is 20.5 Å². The largest absolute Gasteiger partial charge is 0.385 e. The number of hydrogen-bond donors (Lipinski definition) is 1. The molecule has 3 rings (SSSR count). The number of benzene rings is 1. The summed E-state index contributed by atoms with van der Waals surface area (Å²) in [7, 11) is 1.67. The first-order valence-corrected chi connectivity index (χ1v) is 10.5. The zero-order valence-electron chi connectivity index (χ0n) is 16.3. The monoisotopic (exact) mass is 431 g/mol. The number of nitrogens with one attached hydrogen (secondary N) is 1. The summed E-state index contributed by atoms with van der Waals surface area (Å²) in [5.74, 6) is 0.833. The number of rotatable bonds is 9. The van der Waals surface area contributed by atoms with Crippen LogP contribution < -0.4 is 5.32 Å². The fraction of sp³-hybridized carbons (Fsp3) is 0.300. The van der Waals surface area contributed by atoms with Gasteiger partial charge in [0.15, 0.2) is 11.0 Å². The molecule has 0 aliphatic heterocycles. The van der Waals surface area contributed by atoms with E-state index in [0.717, 1.165) is 23.4 Å². The average molecular weight is 432 g/mol. The van der Waals surface area contributed by atoms with E-state index >= 15 is 0 Å². The zero-order chi connectivity index (χ0) is 20.6. The molecule has 0 fully saturated rings. The molecule has 7 nitrogen and oxygen atoms in total. The first kappa shape index (κ1) is 21.3. The summed E-state index contributed by atoms with van der Waals surface area (Å²) in [6.07, 6.45) is 4.25. The summed E-state index contributed by atoms with van der Waals surface area (Å²) < 4.78 is 7.18. The zero-order valence-corrected chi connectivity index (χ0v) is 17.8. The number of halogens is 1. The number of nitrogens with zero attached hydrogens (tertiary/aromatic N) is 4. The second-order valence-electron chi connectivity index (χ2n) is 6.29. The van der Waals surface area contributed by atoms with Gasteiger partial charge in [-0.3, -0.25) is 9.78 Å². The van der Waals surface area contributed by atoms with E-state index in [0.29, 0.717) is 29.0 Å². The van der Waals surface area contributed by atoms with Crippen LogP contribution >= 0.6 is 23.4 Å². The summed E-state index contributed by atoms with van der Waals surface area (Å²) >= 11 is 7.47. The van der Waals surface area contributed by atoms with Crippen molar-refractivity contribution in [2.45, 2.75) is 25.0 Å². The molecule has 1 N–H and O–H groups in total. The number of carbonyl (C=O) groups excluding carboxylic acids is 1. The standard InChI is InChI=1S/C20H22ClN5O2S/c1-14-16(21)5-3-6-17(14)23-18(27)13-29-20-25-24-19(15-7-9-22-10-8-15)26(20)11-4-12-28-2/h3,5-10H,4,11-13H2,1-2H3,(H,23,27). The van der Waals surface area contributed by atoms with Crippen molar-refractivity contribution in [1.82, 2.24) is 19.7 Å². The Bertz CT molecular complexity index is 965. The van der Waals surface area contributed by atoms with Gasteiger partial charge in [0.1, 0.15) is 0 Å². The van der Waals surface area contributed by atoms with Crippen LogP contribution in [0, 0.1) is 6.92 Å². The highest BCUT2D eigenvalue weighted by molar-refractivity contribution is 7.99. The van der Waals surface area contributed by atoms with Gasteiger partial charge in [0.05, 0.1) is 5.75 Å². The van der Waals surface area contributed by atoms with E-state index in [1.165, 1.54) is 11.8 Å². The third-order valence-corrected chi connectivity index (χ3v) is 5.64. The van der Waals surface area contributed by atoms with Gasteiger partial charge in [-0.05, 0) is 43.2 Å². The number of ether oxygens (including phenoxy) is 1. The molecule has 0 unspecified atom stereocenters. The van der Waals surface area contributed by atoms with Gasteiger partial charge >= 0.3 is 0 Å². The highest BCUT2D eigenvalue weighted by atomic mass is 35.5. The van der Waals surface area contributed by atoms with Gasteiger partial charge in [0.25, 0.3) is 0 Å². The molecule has 2 aromatic heterocycles. The van der Waals surface area contributed by atoms with Gasteiger partial charge in [0, 0.05) is 48.9 Å². The van der Waals surface area contributed by atoms with Gasteiger partial charge in [-0.15, -0.1) is 10.2 Å². The van der Waals surface area contributed by atoms with Crippen LogP contribution in [0.3, 0.4) is 0 Å². The average Bonchev–Trinajstić information content (AvgIpc) is 3.13. The predicted molar refractivity (Wildman–Crippen MR) is 115 cm³/mol. The quantitative estimate of drug-likeness (QED) is 0.406. The fourth-order valence-corrected chi connectivity index (χ4v) is 3.68. The SMILES string of the molecule is COCCCn1c(SCC(=O)Nc2cccc(Cl)c2C)nnc1-c1ccncc1. The van der Waals surface area contributed by atoms with Crippen molar-refractivity contribution >= 4 is 35.0 Å². The summed E-state index contributed by atoms with van der Waals surface area (Å²) in [6.45, 7) is 3.20. The Morgan fingerprint density at radius 2 is 2.03 bits per heavy atom. The van der Waals surface area contributed by atoms with Crippen molar-refractivity contribution in [3.63, 3.8) is 0 Å². The van der Waals surface area contributed by atoms with E-state index in [1.807, 2.05) is 35.8 Å². The Labute approximate surface area is 178 Å². The number of pyridine rings is 1. The molecule has 0 radical (unpaired) electrons. The Morgan fingerprint density at radius 3 is 2.79 bits per heavy atom. The van der Waals surface area contributed by atoms with E-state index in [4.69, 9.17) is 16.3 Å². The van der Waals surface area contributed by atoms with Crippen molar-refractivity contribution < 1.29 is 9.53 Å². The van der Waals surface area contributed by atoms with Gasteiger partial charge in [0.2, 0.25) is 5.91 Å². The number of anilines is 1. The molecule has 0 atom stereocenters. The maximum atomic E-state index is 12.4. The van der Waals surface area contributed by atoms with Crippen LogP contribution in [-0.2, 0) is 16.1 Å². The lowest BCUT2D eigenvalue weighted by atomic mass is 10.2. The van der Waals surface area contributed by atoms with Crippen LogP contribution in [0.1, 0.15) is 12.0 Å². The lowest BCUT2D eigenvalue weighted by Crippen LogP contribution is -2.15. The summed E-state index contributed by atoms with van der Waals surface area (Å²) in [4.78, 5) is 16.5. The molecular weight excluding hydrogens is 410 g/mol. The summed E-state index contributed by atoms with van der Waals surface area (Å²) in [6, 6.07) is 9.22. The molecule has 1 amide bonds.